The number of nitriles is 1. The molecule has 2 aromatic carbocycles. The maximum absolute atomic E-state index is 12.8. The summed E-state index contributed by atoms with van der Waals surface area (Å²) in [5, 5.41) is 9.84. The zero-order valence-corrected chi connectivity index (χ0v) is 14.7. The number of nitrogens with zero attached hydrogens (tertiary/aromatic N) is 1. The summed E-state index contributed by atoms with van der Waals surface area (Å²) in [6.45, 7) is 0. The molecule has 0 radical (unpaired) electrons. The molecule has 25 heavy (non-hydrogen) atoms. The molecule has 0 aliphatic carbocycles. The van der Waals surface area contributed by atoms with Gasteiger partial charge in [0.15, 0.2) is 0 Å². The van der Waals surface area contributed by atoms with Crippen LogP contribution in [0.25, 0.3) is 0 Å². The molecular weight excluding hydrogens is 355 g/mol. The molecule has 1 aromatic heterocycles. The Morgan fingerprint density at radius 3 is 2.52 bits per heavy atom. The normalized spacial score (nSPS) is 10.4. The molecule has 0 saturated carbocycles. The number of carbonyl (C=O) groups is 1. The first-order chi connectivity index (χ1) is 12.1. The first-order valence-electron chi connectivity index (χ1n) is 7.70. The van der Waals surface area contributed by atoms with E-state index < -0.39 is 0 Å². The van der Waals surface area contributed by atoms with Crippen molar-refractivity contribution < 1.29 is 4.79 Å². The molecule has 0 aliphatic rings. The summed E-state index contributed by atoms with van der Waals surface area (Å²) in [4.78, 5) is 15.8. The van der Waals surface area contributed by atoms with E-state index in [1.54, 1.807) is 24.3 Å². The molecule has 1 N–H and O–H groups in total. The number of H-pyrrole nitrogens is 1. The fraction of sp³-hybridized carbons (Fsp3) is 0.100. The molecule has 3 nitrogen and oxygen atoms in total. The van der Waals surface area contributed by atoms with Crippen molar-refractivity contribution in [2.75, 3.05) is 0 Å². The third-order valence-electron chi connectivity index (χ3n) is 3.91. The van der Waals surface area contributed by atoms with Gasteiger partial charge in [-0.3, -0.25) is 4.79 Å². The van der Waals surface area contributed by atoms with Gasteiger partial charge in [0.05, 0.1) is 23.2 Å². The first-order valence-corrected chi connectivity index (χ1v) is 8.45. The number of aromatic amines is 1. The number of aromatic nitrogens is 1. The zero-order valence-electron chi connectivity index (χ0n) is 13.2. The van der Waals surface area contributed by atoms with Crippen molar-refractivity contribution in [3.05, 3.63) is 92.7 Å². The van der Waals surface area contributed by atoms with Crippen LogP contribution in [-0.4, -0.2) is 10.8 Å². The Morgan fingerprint density at radius 2 is 1.84 bits per heavy atom. The molecular formula is C20H14Cl2N2O. The predicted octanol–water partition coefficient (Wildman–Crippen LogP) is 5.21. The summed E-state index contributed by atoms with van der Waals surface area (Å²) in [5.74, 6) is -0.222. The van der Waals surface area contributed by atoms with Crippen LogP contribution >= 0.6 is 23.2 Å². The summed E-state index contributed by atoms with van der Waals surface area (Å²) < 4.78 is 0. The van der Waals surface area contributed by atoms with Crippen LogP contribution in [0.2, 0.25) is 10.0 Å². The second-order valence-corrected chi connectivity index (χ2v) is 6.48. The molecule has 124 valence electrons. The average molecular weight is 369 g/mol. The van der Waals surface area contributed by atoms with E-state index in [1.807, 2.05) is 30.3 Å². The van der Waals surface area contributed by atoms with Gasteiger partial charge in [-0.05, 0) is 41.8 Å². The molecule has 0 amide bonds. The molecule has 1 heterocycles. The molecule has 0 atom stereocenters. The minimum atomic E-state index is -0.222. The highest BCUT2D eigenvalue weighted by Crippen LogP contribution is 2.25. The van der Waals surface area contributed by atoms with Gasteiger partial charge in [0.25, 0.3) is 0 Å². The molecule has 0 saturated heterocycles. The SMILES string of the molecule is N#CCc1[nH]c(C(=O)c2ccc(Cl)cc2Cl)cc1Cc1ccccc1. The summed E-state index contributed by atoms with van der Waals surface area (Å²) in [5.41, 5.74) is 3.59. The van der Waals surface area contributed by atoms with E-state index in [9.17, 15) is 4.79 Å². The van der Waals surface area contributed by atoms with Crippen LogP contribution in [0.4, 0.5) is 0 Å². The Kier molecular flexibility index (Phi) is 5.23. The molecule has 0 unspecified atom stereocenters. The van der Waals surface area contributed by atoms with Gasteiger partial charge in [-0.1, -0.05) is 53.5 Å². The number of halogens is 2. The van der Waals surface area contributed by atoms with Crippen molar-refractivity contribution >= 4 is 29.0 Å². The van der Waals surface area contributed by atoms with E-state index in [1.165, 1.54) is 0 Å². The van der Waals surface area contributed by atoms with E-state index in [0.29, 0.717) is 27.7 Å². The van der Waals surface area contributed by atoms with Crippen LogP contribution in [0.3, 0.4) is 0 Å². The second kappa shape index (κ2) is 7.57. The molecule has 3 rings (SSSR count). The predicted molar refractivity (Wildman–Crippen MR) is 99.3 cm³/mol. The standard InChI is InChI=1S/C20H14Cl2N2O/c21-15-6-7-16(17(22)12-15)20(25)19-11-14(18(24-19)8-9-23)10-13-4-2-1-3-5-13/h1-7,11-12,24H,8,10H2. The van der Waals surface area contributed by atoms with Crippen LogP contribution in [-0.2, 0) is 12.8 Å². The van der Waals surface area contributed by atoms with Crippen LogP contribution in [0, 0.1) is 11.3 Å². The second-order valence-electron chi connectivity index (χ2n) is 5.64. The van der Waals surface area contributed by atoms with Gasteiger partial charge in [0.1, 0.15) is 0 Å². The lowest BCUT2D eigenvalue weighted by atomic mass is 10.0. The Labute approximate surface area is 155 Å². The van der Waals surface area contributed by atoms with Gasteiger partial charge in [0, 0.05) is 16.3 Å². The third kappa shape index (κ3) is 3.93. The van der Waals surface area contributed by atoms with Gasteiger partial charge in [0.2, 0.25) is 5.78 Å². The first kappa shape index (κ1) is 17.3. The van der Waals surface area contributed by atoms with Gasteiger partial charge in [-0.15, -0.1) is 0 Å². The number of hydrogen-bond acceptors (Lipinski definition) is 2. The lowest BCUT2D eigenvalue weighted by molar-refractivity contribution is 0.103. The highest BCUT2D eigenvalue weighted by Gasteiger charge is 2.18. The number of rotatable bonds is 5. The van der Waals surface area contributed by atoms with Crippen molar-refractivity contribution in [2.24, 2.45) is 0 Å². The van der Waals surface area contributed by atoms with Gasteiger partial charge in [-0.25, -0.2) is 0 Å². The number of nitrogens with one attached hydrogen (secondary N) is 1. The smallest absolute Gasteiger partial charge is 0.210 e. The van der Waals surface area contributed by atoms with Crippen molar-refractivity contribution in [1.82, 2.24) is 4.98 Å². The van der Waals surface area contributed by atoms with Crippen LogP contribution in [0.5, 0.6) is 0 Å². The van der Waals surface area contributed by atoms with Crippen LogP contribution < -0.4 is 0 Å². The molecule has 3 aromatic rings. The van der Waals surface area contributed by atoms with Crippen molar-refractivity contribution in [2.45, 2.75) is 12.8 Å². The lowest BCUT2D eigenvalue weighted by Gasteiger charge is -2.02. The van der Waals surface area contributed by atoms with E-state index in [0.717, 1.165) is 16.8 Å². The van der Waals surface area contributed by atoms with E-state index >= 15 is 0 Å². The maximum Gasteiger partial charge on any atom is 0.210 e. The number of benzene rings is 2. The number of ketones is 1. The van der Waals surface area contributed by atoms with Gasteiger partial charge >= 0.3 is 0 Å². The monoisotopic (exact) mass is 368 g/mol. The van der Waals surface area contributed by atoms with Gasteiger partial charge in [-0.2, -0.15) is 5.26 Å². The third-order valence-corrected chi connectivity index (χ3v) is 4.45. The Balaban J connectivity index is 1.95. The van der Waals surface area contributed by atoms with Gasteiger partial charge < -0.3 is 4.98 Å². The molecule has 5 heteroatoms. The fourth-order valence-electron chi connectivity index (χ4n) is 2.69. The topological polar surface area (TPSA) is 56.6 Å². The molecule has 0 aliphatic heterocycles. The van der Waals surface area contributed by atoms with Crippen molar-refractivity contribution in [3.8, 4) is 6.07 Å². The molecule has 0 fully saturated rings. The highest BCUT2D eigenvalue weighted by atomic mass is 35.5. The lowest BCUT2D eigenvalue weighted by Crippen LogP contribution is -2.02. The fourth-order valence-corrected chi connectivity index (χ4v) is 3.19. The summed E-state index contributed by atoms with van der Waals surface area (Å²) in [7, 11) is 0. The van der Waals surface area contributed by atoms with E-state index in [-0.39, 0.29) is 12.2 Å². The largest absolute Gasteiger partial charge is 0.355 e. The zero-order chi connectivity index (χ0) is 17.8. The Bertz CT molecular complexity index is 956. The minimum absolute atomic E-state index is 0.212. The molecule has 0 spiro atoms. The van der Waals surface area contributed by atoms with Crippen LogP contribution in [0.1, 0.15) is 32.9 Å². The highest BCUT2D eigenvalue weighted by molar-refractivity contribution is 6.37. The Hall–Kier alpha value is -2.54. The van der Waals surface area contributed by atoms with Crippen molar-refractivity contribution in [3.63, 3.8) is 0 Å². The van der Waals surface area contributed by atoms with Crippen LogP contribution in [0.15, 0.2) is 54.6 Å². The summed E-state index contributed by atoms with van der Waals surface area (Å²) in [6, 6.07) is 18.6. The molecule has 0 bridgehead atoms. The number of hydrogen-bond donors (Lipinski definition) is 1. The quantitative estimate of drug-likeness (QED) is 0.628. The summed E-state index contributed by atoms with van der Waals surface area (Å²) >= 11 is 12.0. The van der Waals surface area contributed by atoms with Crippen molar-refractivity contribution in [1.29, 1.82) is 5.26 Å². The maximum atomic E-state index is 12.8. The average Bonchev–Trinajstić information content (AvgIpc) is 2.98. The number of carbonyl (C=O) groups excluding carboxylic acids is 1. The van der Waals surface area contributed by atoms with E-state index in [4.69, 9.17) is 28.5 Å². The van der Waals surface area contributed by atoms with E-state index in [2.05, 4.69) is 11.1 Å². The summed E-state index contributed by atoms with van der Waals surface area (Å²) in [6.07, 6.45) is 0.861. The minimum Gasteiger partial charge on any atom is -0.355 e. The Morgan fingerprint density at radius 1 is 1.08 bits per heavy atom.